The van der Waals surface area contributed by atoms with Gasteiger partial charge in [0.25, 0.3) is 0 Å². The molecule has 32 heavy (non-hydrogen) atoms. The van der Waals surface area contributed by atoms with Gasteiger partial charge < -0.3 is 33.9 Å². The van der Waals surface area contributed by atoms with Crippen LogP contribution in [0, 0.1) is 0 Å². The Bertz CT molecular complexity index is 331. The molecule has 7 nitrogen and oxygen atoms in total. The molecule has 0 aromatic heterocycles. The lowest BCUT2D eigenvalue weighted by Gasteiger charge is -2.09. The van der Waals surface area contributed by atoms with Crippen LogP contribution in [0.2, 0.25) is 0 Å². The third-order valence-electron chi connectivity index (χ3n) is 5.15. The summed E-state index contributed by atoms with van der Waals surface area (Å²) in [7, 11) is 0. The fraction of sp³-hybridized carbons (Fsp3) is 1.00. The largest absolute Gasteiger partial charge is 0.394 e. The summed E-state index contributed by atoms with van der Waals surface area (Å²) in [6.07, 6.45) is 15.5. The Morgan fingerprint density at radius 2 is 0.812 bits per heavy atom. The molecule has 0 amide bonds. The van der Waals surface area contributed by atoms with E-state index in [0.29, 0.717) is 52.9 Å². The number of ether oxygens (including phenoxy) is 5. The third kappa shape index (κ3) is 27.8. The third-order valence-corrected chi connectivity index (χ3v) is 5.15. The summed E-state index contributed by atoms with van der Waals surface area (Å²) >= 11 is 0. The summed E-state index contributed by atoms with van der Waals surface area (Å²) in [5, 5.41) is 17.7. The van der Waals surface area contributed by atoms with Crippen LogP contribution in [-0.2, 0) is 23.7 Å². The van der Waals surface area contributed by atoms with E-state index in [9.17, 15) is 0 Å². The summed E-state index contributed by atoms with van der Waals surface area (Å²) in [5.74, 6) is 0. The van der Waals surface area contributed by atoms with Crippen molar-refractivity contribution in [1.29, 1.82) is 0 Å². The SMILES string of the molecule is CCCCCCCCCCCCCCOCCOCCOCCOCCOCC(O)CO. The Balaban J connectivity index is 3.01. The van der Waals surface area contributed by atoms with Gasteiger partial charge in [0, 0.05) is 6.61 Å². The highest BCUT2D eigenvalue weighted by atomic mass is 16.6. The van der Waals surface area contributed by atoms with Crippen LogP contribution in [0.5, 0.6) is 0 Å². The van der Waals surface area contributed by atoms with Crippen molar-refractivity contribution in [2.24, 2.45) is 0 Å². The van der Waals surface area contributed by atoms with E-state index in [1.807, 2.05) is 0 Å². The molecule has 1 atom stereocenters. The second-order valence-corrected chi connectivity index (χ2v) is 8.25. The van der Waals surface area contributed by atoms with Gasteiger partial charge in [0.2, 0.25) is 0 Å². The molecule has 0 aliphatic rings. The molecule has 0 rings (SSSR count). The zero-order valence-corrected chi connectivity index (χ0v) is 20.8. The van der Waals surface area contributed by atoms with E-state index in [1.54, 1.807) is 0 Å². The molecule has 7 heteroatoms. The van der Waals surface area contributed by atoms with Crippen LogP contribution in [0.25, 0.3) is 0 Å². The predicted octanol–water partition coefficient (Wildman–Crippen LogP) is 4.12. The Kier molecular flexibility index (Phi) is 28.5. The molecule has 0 aliphatic heterocycles. The van der Waals surface area contributed by atoms with Crippen LogP contribution in [0.15, 0.2) is 0 Å². The summed E-state index contributed by atoms with van der Waals surface area (Å²) in [6.45, 7) is 7.12. The number of hydrogen-bond donors (Lipinski definition) is 2. The van der Waals surface area contributed by atoms with E-state index in [1.165, 1.54) is 70.6 Å². The zero-order chi connectivity index (χ0) is 23.4. The van der Waals surface area contributed by atoms with Crippen LogP contribution in [0.4, 0.5) is 0 Å². The molecule has 0 aromatic carbocycles. The topological polar surface area (TPSA) is 86.6 Å². The molecule has 2 N–H and O–H groups in total. The van der Waals surface area contributed by atoms with Gasteiger partial charge in [-0.1, -0.05) is 77.6 Å². The van der Waals surface area contributed by atoms with Crippen molar-refractivity contribution in [3.8, 4) is 0 Å². The molecule has 0 radical (unpaired) electrons. The summed E-state index contributed by atoms with van der Waals surface area (Å²) in [5.41, 5.74) is 0. The van der Waals surface area contributed by atoms with Gasteiger partial charge in [-0.3, -0.25) is 0 Å². The zero-order valence-electron chi connectivity index (χ0n) is 20.8. The minimum Gasteiger partial charge on any atom is -0.394 e. The van der Waals surface area contributed by atoms with Crippen molar-refractivity contribution in [3.63, 3.8) is 0 Å². The lowest BCUT2D eigenvalue weighted by atomic mass is 10.1. The molecular weight excluding hydrogens is 412 g/mol. The fourth-order valence-electron chi connectivity index (χ4n) is 3.20. The first-order valence-corrected chi connectivity index (χ1v) is 13.0. The van der Waals surface area contributed by atoms with Crippen LogP contribution in [0.1, 0.15) is 84.0 Å². The molecule has 0 saturated carbocycles. The van der Waals surface area contributed by atoms with Gasteiger partial charge in [0.1, 0.15) is 6.10 Å². The second kappa shape index (κ2) is 28.8. The van der Waals surface area contributed by atoms with E-state index < -0.39 is 6.10 Å². The summed E-state index contributed by atoms with van der Waals surface area (Å²) in [4.78, 5) is 0. The molecule has 0 spiro atoms. The van der Waals surface area contributed by atoms with Gasteiger partial charge in [-0.25, -0.2) is 0 Å². The molecule has 0 fully saturated rings. The van der Waals surface area contributed by atoms with E-state index in [4.69, 9.17) is 33.9 Å². The van der Waals surface area contributed by atoms with E-state index in [-0.39, 0.29) is 13.2 Å². The van der Waals surface area contributed by atoms with Gasteiger partial charge >= 0.3 is 0 Å². The minimum absolute atomic E-state index is 0.122. The van der Waals surface area contributed by atoms with Crippen molar-refractivity contribution in [2.75, 3.05) is 72.7 Å². The highest BCUT2D eigenvalue weighted by Crippen LogP contribution is 2.11. The van der Waals surface area contributed by atoms with E-state index >= 15 is 0 Å². The highest BCUT2D eigenvalue weighted by Gasteiger charge is 2.00. The number of rotatable bonds is 28. The Morgan fingerprint density at radius 3 is 1.22 bits per heavy atom. The molecule has 0 aliphatic carbocycles. The van der Waals surface area contributed by atoms with Gasteiger partial charge in [0.05, 0.1) is 66.1 Å². The van der Waals surface area contributed by atoms with Crippen LogP contribution in [-0.4, -0.2) is 89.0 Å². The van der Waals surface area contributed by atoms with Gasteiger partial charge in [-0.15, -0.1) is 0 Å². The minimum atomic E-state index is -0.821. The number of unbranched alkanes of at least 4 members (excludes halogenated alkanes) is 11. The predicted molar refractivity (Wildman–Crippen MR) is 128 cm³/mol. The van der Waals surface area contributed by atoms with Gasteiger partial charge in [-0.2, -0.15) is 0 Å². The van der Waals surface area contributed by atoms with Gasteiger partial charge in [-0.05, 0) is 6.42 Å². The molecular formula is C25H52O7. The second-order valence-electron chi connectivity index (χ2n) is 8.25. The first-order valence-electron chi connectivity index (χ1n) is 13.0. The molecule has 0 bridgehead atoms. The maximum absolute atomic E-state index is 9.09. The normalized spacial score (nSPS) is 12.5. The maximum atomic E-state index is 9.09. The standard InChI is InChI=1S/C25H52O7/c1-2-3-4-5-6-7-8-9-10-11-12-13-14-28-15-16-29-17-18-30-19-20-31-21-22-32-24-25(27)23-26/h25-27H,2-24H2,1H3. The molecule has 0 aromatic rings. The maximum Gasteiger partial charge on any atom is 0.100 e. The molecule has 0 heterocycles. The summed E-state index contributed by atoms with van der Waals surface area (Å²) < 4.78 is 27.0. The highest BCUT2D eigenvalue weighted by molar-refractivity contribution is 4.49. The van der Waals surface area contributed by atoms with Crippen molar-refractivity contribution in [3.05, 3.63) is 0 Å². The fourth-order valence-corrected chi connectivity index (χ4v) is 3.20. The van der Waals surface area contributed by atoms with Gasteiger partial charge in [0.15, 0.2) is 0 Å². The monoisotopic (exact) mass is 464 g/mol. The van der Waals surface area contributed by atoms with E-state index in [0.717, 1.165) is 13.0 Å². The number of aliphatic hydroxyl groups is 2. The lowest BCUT2D eigenvalue weighted by molar-refractivity contribution is -0.0288. The number of aliphatic hydroxyl groups excluding tert-OH is 2. The average molecular weight is 465 g/mol. The Hall–Kier alpha value is -0.280. The lowest BCUT2D eigenvalue weighted by Crippen LogP contribution is -2.21. The van der Waals surface area contributed by atoms with Crippen molar-refractivity contribution < 1.29 is 33.9 Å². The first-order chi connectivity index (χ1) is 15.8. The van der Waals surface area contributed by atoms with Crippen LogP contribution >= 0.6 is 0 Å². The Morgan fingerprint density at radius 1 is 0.469 bits per heavy atom. The van der Waals surface area contributed by atoms with Crippen molar-refractivity contribution in [2.45, 2.75) is 90.1 Å². The van der Waals surface area contributed by atoms with Crippen molar-refractivity contribution in [1.82, 2.24) is 0 Å². The average Bonchev–Trinajstić information content (AvgIpc) is 2.81. The molecule has 0 saturated heterocycles. The summed E-state index contributed by atoms with van der Waals surface area (Å²) in [6, 6.07) is 0. The molecule has 194 valence electrons. The van der Waals surface area contributed by atoms with E-state index in [2.05, 4.69) is 6.92 Å². The van der Waals surface area contributed by atoms with Crippen LogP contribution in [0.3, 0.4) is 0 Å². The van der Waals surface area contributed by atoms with Crippen molar-refractivity contribution >= 4 is 0 Å². The number of hydrogen-bond acceptors (Lipinski definition) is 7. The Labute approximate surface area is 197 Å². The molecule has 1 unspecified atom stereocenters. The quantitative estimate of drug-likeness (QED) is 0.168. The van der Waals surface area contributed by atoms with Crippen LogP contribution < -0.4 is 0 Å². The smallest absolute Gasteiger partial charge is 0.100 e. The first kappa shape index (κ1) is 31.7.